The second-order valence-electron chi connectivity index (χ2n) is 11.6. The van der Waals surface area contributed by atoms with Gasteiger partial charge >= 0.3 is 5.71 Å². The minimum atomic E-state index is -5.09. The van der Waals surface area contributed by atoms with E-state index < -0.39 is 94.4 Å². The summed E-state index contributed by atoms with van der Waals surface area (Å²) in [7, 11) is -19.6. The van der Waals surface area contributed by atoms with Crippen molar-refractivity contribution in [2.45, 2.75) is 19.6 Å². The fraction of sp³-hybridized carbons (Fsp3) is 0. The zero-order chi connectivity index (χ0) is 41.1. The van der Waals surface area contributed by atoms with Crippen LogP contribution < -0.4 is 0 Å². The Morgan fingerprint density at radius 2 is 0.759 bits per heavy atom. The Bertz CT molecular complexity index is 3010. The number of nitrogens with zero attached hydrogens (tertiary/aromatic N) is 4. The van der Waals surface area contributed by atoms with E-state index in [-0.39, 0.29) is 83.9 Å². The van der Waals surface area contributed by atoms with E-state index in [0.717, 1.165) is 48.5 Å². The summed E-state index contributed by atoms with van der Waals surface area (Å²) >= 11 is 0. The van der Waals surface area contributed by atoms with Crippen LogP contribution in [0.2, 0.25) is 0 Å². The zero-order valence-electron chi connectivity index (χ0n) is 32.0. The van der Waals surface area contributed by atoms with Crippen molar-refractivity contribution in [1.82, 2.24) is 0 Å². The number of hydrogen-bond donors (Lipinski definition) is 8. The number of benzene rings is 6. The SMILES string of the molecule is O=S(=O)(O)c1ccc2c(N=Nc3ccc(-c4ccc(N=Nc5c(O)c(S(=O)(=O)O)cc6cc(S(=O)(=O)O)ccc56)c(O)c4)cc3O)c(O)c(S(=O)(=O)O)cc2c1.[Cu].[Cu].[H+].[H+].[H+].[H+]. The number of azo groups is 2. The van der Waals surface area contributed by atoms with Crippen LogP contribution in [0.25, 0.3) is 32.7 Å². The maximum absolute atomic E-state index is 11.9. The molecule has 2 radical (unpaired) electrons. The number of aromatic hydroxyl groups is 4. The Hall–Kier alpha value is -5.08. The van der Waals surface area contributed by atoms with Gasteiger partial charge in [-0.3, -0.25) is 18.2 Å². The van der Waals surface area contributed by atoms with Crippen LogP contribution in [0, 0.1) is 0 Å². The van der Waals surface area contributed by atoms with E-state index in [2.05, 4.69) is 20.5 Å². The van der Waals surface area contributed by atoms with Crippen LogP contribution in [0.15, 0.2) is 125 Å². The molecule has 0 atom stereocenters. The second kappa shape index (κ2) is 16.3. The molecule has 0 bridgehead atoms. The van der Waals surface area contributed by atoms with E-state index >= 15 is 0 Å². The Kier molecular flexibility index (Phi) is 12.8. The van der Waals surface area contributed by atoms with E-state index in [1.807, 2.05) is 0 Å². The van der Waals surface area contributed by atoms with E-state index in [9.17, 15) is 72.3 Å². The van der Waals surface area contributed by atoms with Crippen LogP contribution in [0.5, 0.6) is 23.0 Å². The van der Waals surface area contributed by atoms with Crippen LogP contribution in [-0.4, -0.2) is 72.3 Å². The van der Waals surface area contributed by atoms with Crippen molar-refractivity contribution in [3.05, 3.63) is 84.9 Å². The van der Waals surface area contributed by atoms with Crippen molar-refractivity contribution >= 4 is 84.8 Å². The molecule has 0 saturated heterocycles. The summed E-state index contributed by atoms with van der Waals surface area (Å²) in [4.78, 5) is -3.37. The molecule has 0 unspecified atom stereocenters. The second-order valence-corrected chi connectivity index (χ2v) is 17.2. The summed E-state index contributed by atoms with van der Waals surface area (Å²) in [6.07, 6.45) is 0. The summed E-state index contributed by atoms with van der Waals surface area (Å²) in [5.74, 6) is -3.16. The van der Waals surface area contributed by atoms with Gasteiger partial charge in [-0.25, -0.2) is 0 Å². The Morgan fingerprint density at radius 3 is 1.05 bits per heavy atom. The van der Waals surface area contributed by atoms with E-state index in [4.69, 9.17) is 0 Å². The average molecular weight is 978 g/mol. The van der Waals surface area contributed by atoms with Gasteiger partial charge in [-0.1, -0.05) is 24.3 Å². The molecule has 58 heavy (non-hydrogen) atoms. The molecule has 6 rings (SSSR count). The van der Waals surface area contributed by atoms with E-state index in [0.29, 0.717) is 0 Å². The third kappa shape index (κ3) is 9.28. The maximum Gasteiger partial charge on any atom is 1.00 e. The average Bonchev–Trinajstić information content (AvgIpc) is 3.09. The molecule has 6 aromatic carbocycles. The monoisotopic (exact) mass is 976 g/mol. The van der Waals surface area contributed by atoms with Gasteiger partial charge in [0.2, 0.25) is 0 Å². The molecule has 0 aliphatic heterocycles. The molecule has 0 aliphatic carbocycles. The molecule has 26 heteroatoms. The number of phenolic OH excluding ortho intramolecular Hbond substituents is 4. The first kappa shape index (κ1) is 45.6. The van der Waals surface area contributed by atoms with Crippen LogP contribution in [-0.2, 0) is 74.6 Å². The molecule has 6 aromatic rings. The summed E-state index contributed by atoms with van der Waals surface area (Å²) in [5, 5.41) is 57.6. The smallest absolute Gasteiger partial charge is 0.506 e. The molecular formula is C32H26Cu2N4O16S4+4. The molecule has 0 saturated carbocycles. The van der Waals surface area contributed by atoms with Crippen molar-refractivity contribution < 1.29 is 112 Å². The van der Waals surface area contributed by atoms with Gasteiger partial charge in [0, 0.05) is 44.9 Å². The van der Waals surface area contributed by atoms with Crippen LogP contribution in [0.4, 0.5) is 22.7 Å². The molecule has 0 aromatic heterocycles. The van der Waals surface area contributed by atoms with E-state index in [1.54, 1.807) is 0 Å². The molecular weight excluding hydrogens is 952 g/mol. The third-order valence-electron chi connectivity index (χ3n) is 8.00. The number of hydrogen-bond acceptors (Lipinski definition) is 16. The summed E-state index contributed by atoms with van der Waals surface area (Å²) < 4.78 is 132. The van der Waals surface area contributed by atoms with Crippen molar-refractivity contribution in [3.8, 4) is 34.1 Å². The predicted octanol–water partition coefficient (Wildman–Crippen LogP) is 6.75. The zero-order valence-corrected chi connectivity index (χ0v) is 33.1. The Balaban J connectivity index is 0.00000620. The molecule has 0 aliphatic rings. The summed E-state index contributed by atoms with van der Waals surface area (Å²) in [6, 6.07) is 14.9. The largest absolute Gasteiger partial charge is 1.00 e. The van der Waals surface area contributed by atoms with Crippen LogP contribution >= 0.6 is 0 Å². The van der Waals surface area contributed by atoms with Gasteiger partial charge in [-0.05, 0) is 82.6 Å². The molecule has 20 nitrogen and oxygen atoms in total. The molecule has 8 N–H and O–H groups in total. The quantitative estimate of drug-likeness (QED) is 0.0422. The standard InChI is InChI=1S/C32H22N4O16S4.2Cu/c37-25-11-15(1-7-23(25)33-35-29-21-5-3-19(53(41,42)43)9-17(21)13-27(31(29)39)55(47,48)49)16-2-8-24(26(38)12-16)34-36-30-22-6-4-20(54(44,45)46)10-18(22)14-28(32(30)40)56(50,51)52;;/h1-14,37-40H,(H,41,42,43)(H,44,45,46)(H,47,48,49)(H,50,51,52);;/p+4. The first-order chi connectivity index (χ1) is 25.9. The van der Waals surface area contributed by atoms with Crippen molar-refractivity contribution in [2.75, 3.05) is 0 Å². The van der Waals surface area contributed by atoms with Gasteiger partial charge in [0.25, 0.3) is 40.5 Å². The van der Waals surface area contributed by atoms with Gasteiger partial charge in [0.05, 0.1) is 9.79 Å². The minimum Gasteiger partial charge on any atom is -0.506 e. The molecule has 0 fully saturated rings. The number of phenols is 4. The summed E-state index contributed by atoms with van der Waals surface area (Å²) in [6.45, 7) is 0. The van der Waals surface area contributed by atoms with Crippen LogP contribution in [0.3, 0.4) is 0 Å². The number of fused-ring (bicyclic) bond motifs is 2. The van der Waals surface area contributed by atoms with Crippen LogP contribution in [0.1, 0.15) is 5.71 Å². The normalized spacial score (nSPS) is 12.6. The van der Waals surface area contributed by atoms with Gasteiger partial charge in [-0.15, -0.1) is 20.5 Å². The molecule has 0 heterocycles. The van der Waals surface area contributed by atoms with Gasteiger partial charge in [0.1, 0.15) is 44.0 Å². The maximum atomic E-state index is 11.9. The molecule has 312 valence electrons. The third-order valence-corrected chi connectivity index (χ3v) is 11.4. The van der Waals surface area contributed by atoms with Gasteiger partial charge in [0.15, 0.2) is 11.5 Å². The van der Waals surface area contributed by atoms with Crippen molar-refractivity contribution in [2.24, 2.45) is 20.5 Å². The Labute approximate surface area is 354 Å². The van der Waals surface area contributed by atoms with E-state index in [1.165, 1.54) is 36.4 Å². The minimum absolute atomic E-state index is 0. The first-order valence-corrected chi connectivity index (χ1v) is 20.7. The van der Waals surface area contributed by atoms with Crippen molar-refractivity contribution in [1.29, 1.82) is 0 Å². The first-order valence-electron chi connectivity index (χ1n) is 14.9. The molecule has 0 amide bonds. The summed E-state index contributed by atoms with van der Waals surface area (Å²) in [5.41, 5.74) is -1.01. The molecule has 0 spiro atoms. The van der Waals surface area contributed by atoms with Gasteiger partial charge in [-0.2, -0.15) is 33.7 Å². The predicted molar refractivity (Wildman–Crippen MR) is 198 cm³/mol. The number of rotatable bonds is 9. The van der Waals surface area contributed by atoms with Crippen molar-refractivity contribution in [3.63, 3.8) is 0 Å². The van der Waals surface area contributed by atoms with Gasteiger partial charge < -0.3 is 20.4 Å². The fourth-order valence-corrected chi connectivity index (χ4v) is 7.62. The topological polar surface area (TPSA) is 348 Å². The fourth-order valence-electron chi connectivity index (χ4n) is 5.36. The Morgan fingerprint density at radius 1 is 0.414 bits per heavy atom.